The summed E-state index contributed by atoms with van der Waals surface area (Å²) in [6.07, 6.45) is 7.94. The summed E-state index contributed by atoms with van der Waals surface area (Å²) in [7, 11) is 2.06. The first-order chi connectivity index (χ1) is 16.5. The van der Waals surface area contributed by atoms with Crippen molar-refractivity contribution in [3.63, 3.8) is 0 Å². The third-order valence-electron chi connectivity index (χ3n) is 7.31. The molecule has 9 heteroatoms. The lowest BCUT2D eigenvalue weighted by molar-refractivity contribution is -0.383. The van der Waals surface area contributed by atoms with E-state index in [0.29, 0.717) is 22.9 Å². The molecule has 0 spiro atoms. The molecule has 0 amide bonds. The standard InChI is InChI=1S/C25H29N7O2/c1-29-9-11-30(12-10-29)23-14-19(25(32(33)34)24(27)20(23)15-26)17-7-8-22-21(13-17)28-16-31(22)18-5-3-2-4-6-18/h7-8,13-14,16,18H,2-6,9-12,27H2,1H3. The van der Waals surface area contributed by atoms with Gasteiger partial charge >= 0.3 is 5.69 Å². The molecule has 34 heavy (non-hydrogen) atoms. The first-order valence-electron chi connectivity index (χ1n) is 11.9. The summed E-state index contributed by atoms with van der Waals surface area (Å²) in [5.41, 5.74) is 9.73. The highest BCUT2D eigenvalue weighted by Crippen LogP contribution is 2.43. The summed E-state index contributed by atoms with van der Waals surface area (Å²) in [4.78, 5) is 20.5. The third-order valence-corrected chi connectivity index (χ3v) is 7.31. The van der Waals surface area contributed by atoms with Gasteiger partial charge in [0, 0.05) is 32.2 Å². The molecule has 0 radical (unpaired) electrons. The largest absolute Gasteiger partial charge is 0.392 e. The Morgan fingerprint density at radius 1 is 1.15 bits per heavy atom. The van der Waals surface area contributed by atoms with Crippen molar-refractivity contribution < 1.29 is 4.92 Å². The van der Waals surface area contributed by atoms with E-state index in [9.17, 15) is 15.4 Å². The zero-order valence-electron chi connectivity index (χ0n) is 19.4. The van der Waals surface area contributed by atoms with Gasteiger partial charge in [0.25, 0.3) is 0 Å². The van der Waals surface area contributed by atoms with Gasteiger partial charge in [-0.2, -0.15) is 5.26 Å². The van der Waals surface area contributed by atoms with Crippen LogP contribution in [0.1, 0.15) is 43.7 Å². The molecule has 1 saturated heterocycles. The van der Waals surface area contributed by atoms with Gasteiger partial charge in [0.1, 0.15) is 17.3 Å². The Balaban J connectivity index is 1.62. The van der Waals surface area contributed by atoms with Gasteiger partial charge in [-0.15, -0.1) is 0 Å². The molecule has 2 fully saturated rings. The molecule has 5 rings (SSSR count). The Morgan fingerprint density at radius 3 is 2.56 bits per heavy atom. The smallest absolute Gasteiger partial charge is 0.301 e. The number of fused-ring (bicyclic) bond motifs is 1. The number of piperazine rings is 1. The second-order valence-corrected chi connectivity index (χ2v) is 9.39. The lowest BCUT2D eigenvalue weighted by Crippen LogP contribution is -2.44. The molecule has 176 valence electrons. The zero-order chi connectivity index (χ0) is 23.8. The van der Waals surface area contributed by atoms with Gasteiger partial charge in [-0.25, -0.2) is 4.98 Å². The molecular weight excluding hydrogens is 430 g/mol. The van der Waals surface area contributed by atoms with Crippen molar-refractivity contribution in [3.05, 3.63) is 46.3 Å². The van der Waals surface area contributed by atoms with E-state index in [1.165, 1.54) is 19.3 Å². The van der Waals surface area contributed by atoms with Gasteiger partial charge < -0.3 is 20.1 Å². The van der Waals surface area contributed by atoms with Crippen LogP contribution >= 0.6 is 0 Å². The Bertz CT molecular complexity index is 1280. The average molecular weight is 460 g/mol. The van der Waals surface area contributed by atoms with Crippen LogP contribution in [0.2, 0.25) is 0 Å². The number of hydrogen-bond acceptors (Lipinski definition) is 7. The first-order valence-corrected chi connectivity index (χ1v) is 11.9. The predicted molar refractivity (Wildman–Crippen MR) is 133 cm³/mol. The molecule has 0 unspecified atom stereocenters. The Kier molecular flexibility index (Phi) is 5.84. The van der Waals surface area contributed by atoms with Gasteiger partial charge in [0.05, 0.1) is 33.5 Å². The average Bonchev–Trinajstić information content (AvgIpc) is 3.27. The van der Waals surface area contributed by atoms with E-state index in [2.05, 4.69) is 32.5 Å². The highest BCUT2D eigenvalue weighted by molar-refractivity contribution is 5.93. The van der Waals surface area contributed by atoms with E-state index < -0.39 is 4.92 Å². The van der Waals surface area contributed by atoms with Gasteiger partial charge in [0.2, 0.25) is 0 Å². The summed E-state index contributed by atoms with van der Waals surface area (Å²) in [6.45, 7) is 3.16. The van der Waals surface area contributed by atoms with Crippen LogP contribution in [-0.4, -0.2) is 52.6 Å². The monoisotopic (exact) mass is 459 g/mol. The minimum Gasteiger partial charge on any atom is -0.392 e. The predicted octanol–water partition coefficient (Wildman–Crippen LogP) is 4.32. The second kappa shape index (κ2) is 8.95. The Labute approximate surface area is 198 Å². The van der Waals surface area contributed by atoms with Crippen molar-refractivity contribution in [1.82, 2.24) is 14.5 Å². The van der Waals surface area contributed by atoms with Crippen LogP contribution in [0.15, 0.2) is 30.6 Å². The molecule has 1 aliphatic carbocycles. The van der Waals surface area contributed by atoms with Crippen molar-refractivity contribution in [1.29, 1.82) is 5.26 Å². The number of nitrogens with zero attached hydrogens (tertiary/aromatic N) is 6. The fourth-order valence-electron chi connectivity index (χ4n) is 5.36. The number of likely N-dealkylation sites (N-methyl/N-ethyl adjacent to an activating group) is 1. The fraction of sp³-hybridized carbons (Fsp3) is 0.440. The van der Waals surface area contributed by atoms with Gasteiger partial charge in [-0.3, -0.25) is 10.1 Å². The maximum atomic E-state index is 12.1. The Morgan fingerprint density at radius 2 is 1.88 bits per heavy atom. The maximum absolute atomic E-state index is 12.1. The lowest BCUT2D eigenvalue weighted by atomic mass is 9.95. The molecular formula is C25H29N7O2. The van der Waals surface area contributed by atoms with Gasteiger partial charge in [-0.05, 0) is 43.7 Å². The highest BCUT2D eigenvalue weighted by atomic mass is 16.6. The number of aromatic nitrogens is 2. The molecule has 2 N–H and O–H groups in total. The van der Waals surface area contributed by atoms with E-state index in [1.54, 1.807) is 6.07 Å². The van der Waals surface area contributed by atoms with E-state index in [0.717, 1.165) is 50.1 Å². The van der Waals surface area contributed by atoms with Crippen LogP contribution in [-0.2, 0) is 0 Å². The summed E-state index contributed by atoms with van der Waals surface area (Å²) in [5, 5.41) is 21.9. The molecule has 0 atom stereocenters. The van der Waals surface area contributed by atoms with Gasteiger partial charge in [-0.1, -0.05) is 25.3 Å². The number of nitrogens with two attached hydrogens (primary N) is 1. The van der Waals surface area contributed by atoms with E-state index in [-0.39, 0.29) is 16.9 Å². The minimum absolute atomic E-state index is 0.0771. The molecule has 1 aromatic heterocycles. The molecule has 0 bridgehead atoms. The van der Waals surface area contributed by atoms with Crippen molar-refractivity contribution >= 4 is 28.1 Å². The number of hydrogen-bond donors (Lipinski definition) is 1. The van der Waals surface area contributed by atoms with E-state index in [1.807, 2.05) is 24.5 Å². The number of nitro benzene ring substituents is 1. The molecule has 2 aromatic carbocycles. The van der Waals surface area contributed by atoms with E-state index in [4.69, 9.17) is 5.73 Å². The van der Waals surface area contributed by atoms with Crippen LogP contribution in [0.25, 0.3) is 22.2 Å². The summed E-state index contributed by atoms with van der Waals surface area (Å²) in [5.74, 6) is 0. The molecule has 1 saturated carbocycles. The number of benzene rings is 2. The lowest BCUT2D eigenvalue weighted by Gasteiger charge is -2.34. The molecule has 2 heterocycles. The number of nitriles is 1. The quantitative estimate of drug-likeness (QED) is 0.351. The maximum Gasteiger partial charge on any atom is 0.301 e. The Hall–Kier alpha value is -3.64. The number of rotatable bonds is 4. The normalized spacial score (nSPS) is 17.7. The third kappa shape index (κ3) is 3.84. The number of nitrogen functional groups attached to an aromatic ring is 1. The summed E-state index contributed by atoms with van der Waals surface area (Å²) < 4.78 is 2.25. The van der Waals surface area contributed by atoms with Crippen LogP contribution in [0.5, 0.6) is 0 Å². The SMILES string of the molecule is CN1CCN(c2cc(-c3ccc4c(c3)ncn4C3CCCCC3)c([N+](=O)[O-])c(N)c2C#N)CC1. The molecule has 2 aliphatic rings. The zero-order valence-corrected chi connectivity index (χ0v) is 19.4. The number of anilines is 2. The molecule has 1 aliphatic heterocycles. The minimum atomic E-state index is -0.482. The highest BCUT2D eigenvalue weighted by Gasteiger charge is 2.29. The van der Waals surface area contributed by atoms with Gasteiger partial charge in [0.15, 0.2) is 0 Å². The van der Waals surface area contributed by atoms with E-state index >= 15 is 0 Å². The molecule has 9 nitrogen and oxygen atoms in total. The summed E-state index contributed by atoms with van der Waals surface area (Å²) >= 11 is 0. The first kappa shape index (κ1) is 22.2. The molecule has 3 aromatic rings. The van der Waals surface area contributed by atoms with Crippen molar-refractivity contribution in [2.75, 3.05) is 43.9 Å². The van der Waals surface area contributed by atoms with Crippen LogP contribution in [0.3, 0.4) is 0 Å². The fourth-order valence-corrected chi connectivity index (χ4v) is 5.36. The topological polar surface area (TPSA) is 117 Å². The van der Waals surface area contributed by atoms with Crippen molar-refractivity contribution in [2.45, 2.75) is 38.1 Å². The number of nitro groups is 1. The summed E-state index contributed by atoms with van der Waals surface area (Å²) in [6, 6.07) is 10.1. The second-order valence-electron chi connectivity index (χ2n) is 9.39. The number of imidazole rings is 1. The van der Waals surface area contributed by atoms with Crippen LogP contribution in [0.4, 0.5) is 17.1 Å². The van der Waals surface area contributed by atoms with Crippen molar-refractivity contribution in [3.8, 4) is 17.2 Å². The van der Waals surface area contributed by atoms with Crippen molar-refractivity contribution in [2.24, 2.45) is 0 Å². The van der Waals surface area contributed by atoms with Crippen LogP contribution in [0, 0.1) is 21.4 Å². The van der Waals surface area contributed by atoms with Crippen LogP contribution < -0.4 is 10.6 Å².